The van der Waals surface area contributed by atoms with Gasteiger partial charge >= 0.3 is 0 Å². The Kier molecular flexibility index (Phi) is 1.78. The van der Waals surface area contributed by atoms with Gasteiger partial charge in [0.2, 0.25) is 0 Å². The molecular weight excluding hydrogens is 194 g/mol. The smallest absolute Gasteiger partial charge is 0.0289 e. The second-order valence-corrected chi connectivity index (χ2v) is 6.79. The molecule has 4 atom stereocenters. The zero-order valence-corrected chi connectivity index (χ0v) is 10.4. The molecule has 1 heteroatoms. The second-order valence-electron chi connectivity index (χ2n) is 6.79. The number of rotatable bonds is 0. The molecule has 0 saturated carbocycles. The Balaban J connectivity index is 1.89. The molecule has 4 rings (SSSR count). The van der Waals surface area contributed by atoms with Crippen molar-refractivity contribution in [1.82, 2.24) is 4.90 Å². The van der Waals surface area contributed by atoms with Crippen LogP contribution in [0.2, 0.25) is 0 Å². The van der Waals surface area contributed by atoms with Gasteiger partial charge in [-0.15, -0.1) is 0 Å². The van der Waals surface area contributed by atoms with Crippen LogP contribution in [0.4, 0.5) is 0 Å². The minimum Gasteiger partial charge on any atom is -0.285 e. The summed E-state index contributed by atoms with van der Waals surface area (Å²) in [6, 6.07) is 0.788. The summed E-state index contributed by atoms with van der Waals surface area (Å²) in [6.07, 6.45) is 16.8. The Hall–Kier alpha value is -0.300. The van der Waals surface area contributed by atoms with Gasteiger partial charge in [0, 0.05) is 17.1 Å². The summed E-state index contributed by atoms with van der Waals surface area (Å²) < 4.78 is 0. The molecule has 4 aliphatic rings. The van der Waals surface area contributed by atoms with E-state index in [1.54, 1.807) is 0 Å². The summed E-state index contributed by atoms with van der Waals surface area (Å²) in [6.45, 7) is 2.56. The van der Waals surface area contributed by atoms with Crippen LogP contribution in [0.5, 0.6) is 0 Å². The highest BCUT2D eigenvalue weighted by Crippen LogP contribution is 2.58. The maximum absolute atomic E-state index is 2.99. The Bertz CT molecular complexity index is 343. The van der Waals surface area contributed by atoms with Crippen molar-refractivity contribution in [3.63, 3.8) is 0 Å². The van der Waals surface area contributed by atoms with Crippen molar-refractivity contribution >= 4 is 0 Å². The number of nitrogens with zero attached hydrogens (tertiary/aromatic N) is 1. The van der Waals surface area contributed by atoms with Crippen LogP contribution in [-0.2, 0) is 0 Å². The minimum absolute atomic E-state index is 0.524. The summed E-state index contributed by atoms with van der Waals surface area (Å²) in [5.41, 5.74) is 1.15. The van der Waals surface area contributed by atoms with Crippen LogP contribution in [-0.4, -0.2) is 22.0 Å². The van der Waals surface area contributed by atoms with E-state index in [0.717, 1.165) is 12.0 Å². The third-order valence-corrected chi connectivity index (χ3v) is 6.15. The van der Waals surface area contributed by atoms with Crippen LogP contribution in [0, 0.1) is 5.92 Å². The van der Waals surface area contributed by atoms with E-state index >= 15 is 0 Å². The molecule has 16 heavy (non-hydrogen) atoms. The molecule has 3 saturated heterocycles. The van der Waals surface area contributed by atoms with Gasteiger partial charge in [0.15, 0.2) is 0 Å². The quantitative estimate of drug-likeness (QED) is 0.561. The highest BCUT2D eigenvalue weighted by molar-refractivity contribution is 5.23. The zero-order valence-electron chi connectivity index (χ0n) is 10.4. The summed E-state index contributed by atoms with van der Waals surface area (Å²) in [5.74, 6) is 0.857. The summed E-state index contributed by atoms with van der Waals surface area (Å²) in [4.78, 5) is 2.99. The third-order valence-electron chi connectivity index (χ3n) is 6.15. The van der Waals surface area contributed by atoms with Crippen LogP contribution < -0.4 is 0 Å². The summed E-state index contributed by atoms with van der Waals surface area (Å²) in [5, 5.41) is 0. The number of hydrogen-bond acceptors (Lipinski definition) is 1. The molecule has 0 aliphatic carbocycles. The largest absolute Gasteiger partial charge is 0.285 e. The molecule has 0 aromatic heterocycles. The van der Waals surface area contributed by atoms with Gasteiger partial charge in [-0.25, -0.2) is 0 Å². The van der Waals surface area contributed by atoms with Crippen LogP contribution in [0.1, 0.15) is 58.3 Å². The fourth-order valence-electron chi connectivity index (χ4n) is 5.52. The van der Waals surface area contributed by atoms with Gasteiger partial charge in [-0.1, -0.05) is 12.2 Å². The molecule has 88 valence electrons. The first-order chi connectivity index (χ1) is 7.75. The molecule has 4 heterocycles. The molecule has 0 amide bonds. The molecule has 0 radical (unpaired) electrons. The van der Waals surface area contributed by atoms with Gasteiger partial charge in [0.25, 0.3) is 0 Å². The summed E-state index contributed by atoms with van der Waals surface area (Å²) in [7, 11) is 0. The van der Waals surface area contributed by atoms with Crippen molar-refractivity contribution in [3.05, 3.63) is 12.2 Å². The molecule has 0 spiro atoms. The lowest BCUT2D eigenvalue weighted by atomic mass is 9.58. The minimum atomic E-state index is 0.524. The van der Waals surface area contributed by atoms with Crippen LogP contribution in [0.15, 0.2) is 12.2 Å². The second kappa shape index (κ2) is 2.93. The van der Waals surface area contributed by atoms with E-state index in [2.05, 4.69) is 24.0 Å². The van der Waals surface area contributed by atoms with Gasteiger partial charge in [-0.3, -0.25) is 4.90 Å². The lowest BCUT2D eigenvalue weighted by molar-refractivity contribution is -0.157. The van der Waals surface area contributed by atoms with Crippen molar-refractivity contribution in [1.29, 1.82) is 0 Å². The average molecular weight is 217 g/mol. The topological polar surface area (TPSA) is 3.24 Å². The Morgan fingerprint density at radius 3 is 2.81 bits per heavy atom. The highest BCUT2D eigenvalue weighted by Gasteiger charge is 2.59. The first kappa shape index (κ1) is 9.70. The Morgan fingerprint density at radius 2 is 1.88 bits per heavy atom. The van der Waals surface area contributed by atoms with E-state index in [-0.39, 0.29) is 0 Å². The van der Waals surface area contributed by atoms with E-state index in [1.165, 1.54) is 51.4 Å². The molecule has 0 aromatic carbocycles. The van der Waals surface area contributed by atoms with E-state index in [1.807, 2.05) is 0 Å². The zero-order chi connectivity index (χ0) is 10.8. The van der Waals surface area contributed by atoms with Gasteiger partial charge < -0.3 is 0 Å². The van der Waals surface area contributed by atoms with E-state index in [4.69, 9.17) is 0 Å². The van der Waals surface area contributed by atoms with E-state index in [0.29, 0.717) is 11.1 Å². The average Bonchev–Trinajstić information content (AvgIpc) is 2.26. The molecule has 1 nitrogen and oxygen atoms in total. The maximum atomic E-state index is 2.99. The molecule has 3 fully saturated rings. The van der Waals surface area contributed by atoms with Gasteiger partial charge in [-0.2, -0.15) is 0 Å². The van der Waals surface area contributed by atoms with Crippen molar-refractivity contribution < 1.29 is 0 Å². The third kappa shape index (κ3) is 0.971. The molecule has 0 N–H and O–H groups in total. The molecule has 0 unspecified atom stereocenters. The normalized spacial score (nSPS) is 55.1. The Morgan fingerprint density at radius 1 is 1.00 bits per heavy atom. The van der Waals surface area contributed by atoms with E-state index in [9.17, 15) is 0 Å². The van der Waals surface area contributed by atoms with Gasteiger partial charge in [0.05, 0.1) is 0 Å². The molecular formula is C15H23N. The van der Waals surface area contributed by atoms with E-state index < -0.39 is 0 Å². The first-order valence-corrected chi connectivity index (χ1v) is 7.22. The number of hydrogen-bond donors (Lipinski definition) is 0. The van der Waals surface area contributed by atoms with Crippen molar-refractivity contribution in [2.45, 2.75) is 75.4 Å². The molecule has 4 bridgehead atoms. The van der Waals surface area contributed by atoms with Crippen molar-refractivity contribution in [3.8, 4) is 0 Å². The fraction of sp³-hybridized carbons (Fsp3) is 0.867. The van der Waals surface area contributed by atoms with Crippen LogP contribution in [0.3, 0.4) is 0 Å². The van der Waals surface area contributed by atoms with Crippen LogP contribution in [0.25, 0.3) is 0 Å². The molecule has 4 aliphatic heterocycles. The lowest BCUT2D eigenvalue weighted by Gasteiger charge is -2.68. The lowest BCUT2D eigenvalue weighted by Crippen LogP contribution is -2.73. The van der Waals surface area contributed by atoms with Gasteiger partial charge in [-0.05, 0) is 64.2 Å². The van der Waals surface area contributed by atoms with Crippen molar-refractivity contribution in [2.75, 3.05) is 0 Å². The standard InChI is InChI=1S/C15H23N/c1-14-8-3-10-15-9-2-4-13(16(14)15)6-5-12(14)7-11-15/h5-6,12-13H,2-4,7-11H2,1H3/t12-,13+,14+,15-/m0/s1. The SMILES string of the molecule is C[C@@]12CCC[C@@]34CCC[C@H](C=C[C@H]1CC3)N42. The maximum Gasteiger partial charge on any atom is 0.0289 e. The molecule has 0 aromatic rings. The van der Waals surface area contributed by atoms with Gasteiger partial charge in [0.1, 0.15) is 0 Å². The number of piperidine rings is 3. The Labute approximate surface area is 98.9 Å². The highest BCUT2D eigenvalue weighted by atomic mass is 15.3. The first-order valence-electron chi connectivity index (χ1n) is 7.22. The predicted octanol–water partition coefficient (Wildman–Crippen LogP) is 3.50. The summed E-state index contributed by atoms with van der Waals surface area (Å²) >= 11 is 0. The predicted molar refractivity (Wildman–Crippen MR) is 66.3 cm³/mol. The van der Waals surface area contributed by atoms with Crippen LogP contribution >= 0.6 is 0 Å². The van der Waals surface area contributed by atoms with Crippen molar-refractivity contribution in [2.24, 2.45) is 5.92 Å². The monoisotopic (exact) mass is 217 g/mol. The fourth-order valence-corrected chi connectivity index (χ4v) is 5.52.